The van der Waals surface area contributed by atoms with Crippen molar-refractivity contribution < 1.29 is 4.74 Å². The van der Waals surface area contributed by atoms with Crippen LogP contribution in [0.1, 0.15) is 19.4 Å². The van der Waals surface area contributed by atoms with Crippen molar-refractivity contribution in [3.63, 3.8) is 0 Å². The topological polar surface area (TPSA) is 52.1 Å². The maximum absolute atomic E-state index is 5.83. The van der Waals surface area contributed by atoms with E-state index >= 15 is 0 Å². The summed E-state index contributed by atoms with van der Waals surface area (Å²) < 4.78 is 5.83. The lowest BCUT2D eigenvalue weighted by Crippen LogP contribution is -2.47. The number of nitrogens with one attached hydrogen (secondary N) is 2. The van der Waals surface area contributed by atoms with Gasteiger partial charge < -0.3 is 25.2 Å². The Kier molecular flexibility index (Phi) is 10.3. The van der Waals surface area contributed by atoms with Crippen molar-refractivity contribution in [2.45, 2.75) is 20.5 Å². The minimum Gasteiger partial charge on any atom is -0.376 e. The number of nitrogens with zero attached hydrogens (tertiary/aromatic N) is 3. The molecule has 0 radical (unpaired) electrons. The molecule has 1 aromatic carbocycles. The van der Waals surface area contributed by atoms with Gasteiger partial charge >= 0.3 is 0 Å². The Balaban J connectivity index is 1.57. The SMILES string of the molecule is CN=C(NCC(C)COCc1ccccc1)NCC(C)CN1CCN(C)CC1. The highest BCUT2D eigenvalue weighted by atomic mass is 16.5. The minimum absolute atomic E-state index is 0.421. The van der Waals surface area contributed by atoms with Crippen LogP contribution in [0.25, 0.3) is 0 Å². The van der Waals surface area contributed by atoms with Gasteiger partial charge in [0.1, 0.15) is 0 Å². The average molecular weight is 390 g/mol. The molecule has 0 amide bonds. The van der Waals surface area contributed by atoms with Crippen molar-refractivity contribution in [3.8, 4) is 0 Å². The summed E-state index contributed by atoms with van der Waals surface area (Å²) >= 11 is 0. The Hall–Kier alpha value is -1.63. The molecule has 0 spiro atoms. The zero-order valence-corrected chi connectivity index (χ0v) is 18.2. The molecular weight excluding hydrogens is 350 g/mol. The van der Waals surface area contributed by atoms with Gasteiger partial charge in [0.05, 0.1) is 13.2 Å². The molecule has 1 aliphatic heterocycles. The van der Waals surface area contributed by atoms with Gasteiger partial charge in [-0.3, -0.25) is 4.99 Å². The maximum atomic E-state index is 5.83. The summed E-state index contributed by atoms with van der Waals surface area (Å²) in [4.78, 5) is 9.31. The zero-order chi connectivity index (χ0) is 20.2. The Morgan fingerprint density at radius 2 is 1.68 bits per heavy atom. The lowest BCUT2D eigenvalue weighted by Gasteiger charge is -2.34. The van der Waals surface area contributed by atoms with Crippen LogP contribution >= 0.6 is 0 Å². The second-order valence-corrected chi connectivity index (χ2v) is 8.15. The summed E-state index contributed by atoms with van der Waals surface area (Å²) in [6.45, 7) is 13.5. The van der Waals surface area contributed by atoms with Gasteiger partial charge in [0.2, 0.25) is 0 Å². The number of hydrogen-bond acceptors (Lipinski definition) is 4. The third-order valence-corrected chi connectivity index (χ3v) is 5.14. The molecule has 158 valence electrons. The molecule has 0 bridgehead atoms. The average Bonchev–Trinajstić information content (AvgIpc) is 2.70. The molecule has 1 aliphatic rings. The minimum atomic E-state index is 0.421. The van der Waals surface area contributed by atoms with E-state index in [-0.39, 0.29) is 0 Å². The normalized spacial score (nSPS) is 18.6. The van der Waals surface area contributed by atoms with Crippen molar-refractivity contribution in [1.29, 1.82) is 0 Å². The number of piperazine rings is 1. The molecule has 0 aromatic heterocycles. The fraction of sp³-hybridized carbons (Fsp3) is 0.682. The van der Waals surface area contributed by atoms with E-state index in [2.05, 4.69) is 58.5 Å². The second kappa shape index (κ2) is 12.8. The molecule has 0 saturated carbocycles. The number of likely N-dealkylation sites (N-methyl/N-ethyl adjacent to an activating group) is 1. The van der Waals surface area contributed by atoms with Crippen LogP contribution in [0.2, 0.25) is 0 Å². The Bertz CT molecular complexity index is 557. The van der Waals surface area contributed by atoms with E-state index in [1.807, 2.05) is 25.2 Å². The number of aliphatic imine (C=N–C) groups is 1. The lowest BCUT2D eigenvalue weighted by atomic mass is 10.1. The third-order valence-electron chi connectivity index (χ3n) is 5.14. The van der Waals surface area contributed by atoms with E-state index in [9.17, 15) is 0 Å². The van der Waals surface area contributed by atoms with Crippen LogP contribution in [0.4, 0.5) is 0 Å². The molecule has 2 unspecified atom stereocenters. The van der Waals surface area contributed by atoms with Crippen molar-refractivity contribution >= 4 is 5.96 Å². The molecule has 2 atom stereocenters. The van der Waals surface area contributed by atoms with Gasteiger partial charge in [-0.1, -0.05) is 44.2 Å². The van der Waals surface area contributed by atoms with Crippen LogP contribution in [-0.4, -0.2) is 82.3 Å². The van der Waals surface area contributed by atoms with Gasteiger partial charge in [0, 0.05) is 52.9 Å². The molecule has 6 nitrogen and oxygen atoms in total. The van der Waals surface area contributed by atoms with Crippen LogP contribution in [0, 0.1) is 11.8 Å². The summed E-state index contributed by atoms with van der Waals surface area (Å²) in [5.74, 6) is 1.89. The predicted octanol–water partition coefficient (Wildman–Crippen LogP) is 1.89. The second-order valence-electron chi connectivity index (χ2n) is 8.15. The molecular formula is C22H39N5O. The molecule has 1 saturated heterocycles. The van der Waals surface area contributed by atoms with Gasteiger partial charge in [0.15, 0.2) is 5.96 Å². The number of guanidine groups is 1. The summed E-state index contributed by atoms with van der Waals surface area (Å²) in [6.07, 6.45) is 0. The first-order valence-corrected chi connectivity index (χ1v) is 10.5. The highest BCUT2D eigenvalue weighted by Crippen LogP contribution is 2.04. The highest BCUT2D eigenvalue weighted by molar-refractivity contribution is 5.79. The largest absolute Gasteiger partial charge is 0.376 e. The first-order chi connectivity index (χ1) is 13.6. The predicted molar refractivity (Wildman–Crippen MR) is 118 cm³/mol. The number of rotatable bonds is 10. The fourth-order valence-electron chi connectivity index (χ4n) is 3.31. The van der Waals surface area contributed by atoms with Crippen LogP contribution in [0.15, 0.2) is 35.3 Å². The van der Waals surface area contributed by atoms with E-state index in [4.69, 9.17) is 4.74 Å². The van der Waals surface area contributed by atoms with Gasteiger partial charge in [-0.05, 0) is 24.4 Å². The monoisotopic (exact) mass is 389 g/mol. The quantitative estimate of drug-likeness (QED) is 0.473. The number of benzene rings is 1. The molecule has 6 heteroatoms. The first kappa shape index (κ1) is 22.7. The van der Waals surface area contributed by atoms with E-state index in [0.29, 0.717) is 18.4 Å². The van der Waals surface area contributed by atoms with Crippen molar-refractivity contribution in [1.82, 2.24) is 20.4 Å². The molecule has 0 aliphatic carbocycles. The summed E-state index contributed by atoms with van der Waals surface area (Å²) in [5.41, 5.74) is 1.22. The molecule has 2 rings (SSSR count). The molecule has 1 fully saturated rings. The summed E-state index contributed by atoms with van der Waals surface area (Å²) in [6, 6.07) is 10.3. The Morgan fingerprint density at radius 3 is 2.32 bits per heavy atom. The molecule has 28 heavy (non-hydrogen) atoms. The molecule has 1 aromatic rings. The van der Waals surface area contributed by atoms with Crippen LogP contribution in [0.3, 0.4) is 0 Å². The van der Waals surface area contributed by atoms with Gasteiger partial charge in [-0.25, -0.2) is 0 Å². The Labute approximate surface area is 171 Å². The van der Waals surface area contributed by atoms with E-state index in [1.165, 1.54) is 31.7 Å². The number of hydrogen-bond donors (Lipinski definition) is 2. The molecule has 2 N–H and O–H groups in total. The van der Waals surface area contributed by atoms with E-state index in [0.717, 1.165) is 32.2 Å². The van der Waals surface area contributed by atoms with E-state index in [1.54, 1.807) is 0 Å². The van der Waals surface area contributed by atoms with Gasteiger partial charge in [0.25, 0.3) is 0 Å². The maximum Gasteiger partial charge on any atom is 0.190 e. The first-order valence-electron chi connectivity index (χ1n) is 10.5. The third kappa shape index (κ3) is 9.04. The Morgan fingerprint density at radius 1 is 1.04 bits per heavy atom. The van der Waals surface area contributed by atoms with Gasteiger partial charge in [-0.2, -0.15) is 0 Å². The van der Waals surface area contributed by atoms with Crippen LogP contribution < -0.4 is 10.6 Å². The summed E-state index contributed by atoms with van der Waals surface area (Å²) in [7, 11) is 4.03. The smallest absolute Gasteiger partial charge is 0.190 e. The number of ether oxygens (including phenoxy) is 1. The highest BCUT2D eigenvalue weighted by Gasteiger charge is 2.16. The zero-order valence-electron chi connectivity index (χ0n) is 18.2. The lowest BCUT2D eigenvalue weighted by molar-refractivity contribution is 0.0931. The van der Waals surface area contributed by atoms with Crippen molar-refractivity contribution in [2.75, 3.05) is 66.5 Å². The van der Waals surface area contributed by atoms with Crippen LogP contribution in [-0.2, 0) is 11.3 Å². The van der Waals surface area contributed by atoms with Crippen LogP contribution in [0.5, 0.6) is 0 Å². The van der Waals surface area contributed by atoms with Gasteiger partial charge in [-0.15, -0.1) is 0 Å². The summed E-state index contributed by atoms with van der Waals surface area (Å²) in [5, 5.41) is 6.89. The standard InChI is InChI=1S/C22H39N5O/c1-19(16-27-12-10-26(4)11-13-27)14-24-22(23-3)25-15-20(2)17-28-18-21-8-6-5-7-9-21/h5-9,19-20H,10-18H2,1-4H3,(H2,23,24,25). The fourth-order valence-corrected chi connectivity index (χ4v) is 3.31. The van der Waals surface area contributed by atoms with Crippen molar-refractivity contribution in [2.24, 2.45) is 16.8 Å². The van der Waals surface area contributed by atoms with Crippen molar-refractivity contribution in [3.05, 3.63) is 35.9 Å². The van der Waals surface area contributed by atoms with E-state index < -0.39 is 0 Å². The molecule has 1 heterocycles.